The van der Waals surface area contributed by atoms with Gasteiger partial charge in [0, 0.05) is 12.1 Å². The number of nitrogens with one attached hydrogen (secondary N) is 1. The van der Waals surface area contributed by atoms with Crippen LogP contribution in [0.2, 0.25) is 0 Å². The quantitative estimate of drug-likeness (QED) is 0.481. The zero-order valence-corrected chi connectivity index (χ0v) is 16.0. The van der Waals surface area contributed by atoms with Crippen molar-refractivity contribution >= 4 is 18.0 Å². The number of hydrogen-bond donors (Lipinski definition) is 1. The van der Waals surface area contributed by atoms with Gasteiger partial charge < -0.3 is 14.8 Å². The van der Waals surface area contributed by atoms with E-state index in [1.807, 2.05) is 37.3 Å². The summed E-state index contributed by atoms with van der Waals surface area (Å²) in [6.07, 6.45) is 4.23. The van der Waals surface area contributed by atoms with Crippen LogP contribution in [0, 0.1) is 0 Å². The molecular weight excluding hydrogens is 380 g/mol. The third kappa shape index (κ3) is 9.01. The highest BCUT2D eigenvalue weighted by Crippen LogP contribution is 2.15. The number of carbonyl (C=O) groups excluding carboxylic acids is 2. The van der Waals surface area contributed by atoms with Crippen molar-refractivity contribution in [1.29, 1.82) is 0 Å². The number of carbonyl (C=O) groups is 2. The van der Waals surface area contributed by atoms with Gasteiger partial charge in [0.05, 0.1) is 0 Å². The van der Waals surface area contributed by atoms with Gasteiger partial charge in [-0.2, -0.15) is 8.78 Å². The summed E-state index contributed by atoms with van der Waals surface area (Å²) < 4.78 is 33.3. The van der Waals surface area contributed by atoms with Crippen LogP contribution in [0.25, 0.3) is 6.08 Å². The first-order valence-corrected chi connectivity index (χ1v) is 9.15. The lowest BCUT2D eigenvalue weighted by Crippen LogP contribution is -2.36. The van der Waals surface area contributed by atoms with Crippen LogP contribution in [0.3, 0.4) is 0 Å². The van der Waals surface area contributed by atoms with E-state index in [4.69, 9.17) is 4.74 Å². The van der Waals surface area contributed by atoms with Crippen molar-refractivity contribution in [3.05, 3.63) is 71.8 Å². The molecule has 0 radical (unpaired) electrons. The van der Waals surface area contributed by atoms with E-state index in [2.05, 4.69) is 10.1 Å². The fourth-order valence-electron chi connectivity index (χ4n) is 2.53. The van der Waals surface area contributed by atoms with Gasteiger partial charge in [-0.15, -0.1) is 0 Å². The molecule has 0 spiro atoms. The van der Waals surface area contributed by atoms with Crippen molar-refractivity contribution in [2.75, 3.05) is 6.61 Å². The molecule has 7 heteroatoms. The zero-order chi connectivity index (χ0) is 21.1. The Morgan fingerprint density at radius 2 is 1.76 bits per heavy atom. The molecule has 0 fully saturated rings. The SMILES string of the molecule is C[C@@H](CCc1ccccc1)NC(=O)COC(=O)/C=C/c1ccc(OC(F)F)cc1. The van der Waals surface area contributed by atoms with Crippen molar-refractivity contribution in [3.63, 3.8) is 0 Å². The summed E-state index contributed by atoms with van der Waals surface area (Å²) in [6.45, 7) is -1.37. The Morgan fingerprint density at radius 1 is 1.07 bits per heavy atom. The first-order chi connectivity index (χ1) is 13.9. The highest BCUT2D eigenvalue weighted by molar-refractivity contribution is 5.89. The molecule has 0 aliphatic rings. The van der Waals surface area contributed by atoms with E-state index in [0.29, 0.717) is 5.56 Å². The second-order valence-corrected chi connectivity index (χ2v) is 6.38. The molecule has 0 bridgehead atoms. The molecule has 5 nitrogen and oxygen atoms in total. The fraction of sp³-hybridized carbons (Fsp3) is 0.273. The van der Waals surface area contributed by atoms with Gasteiger partial charge in [-0.1, -0.05) is 42.5 Å². The molecule has 0 aromatic heterocycles. The number of esters is 1. The Bertz CT molecular complexity index is 807. The van der Waals surface area contributed by atoms with Crippen molar-refractivity contribution in [3.8, 4) is 5.75 Å². The van der Waals surface area contributed by atoms with Crippen LogP contribution in [0.15, 0.2) is 60.7 Å². The number of rotatable bonds is 10. The molecule has 2 aromatic carbocycles. The largest absolute Gasteiger partial charge is 0.452 e. The summed E-state index contributed by atoms with van der Waals surface area (Å²) in [5, 5.41) is 2.79. The molecule has 29 heavy (non-hydrogen) atoms. The van der Waals surface area contributed by atoms with Crippen molar-refractivity contribution in [2.45, 2.75) is 32.4 Å². The predicted molar refractivity (Wildman–Crippen MR) is 105 cm³/mol. The third-order valence-electron chi connectivity index (χ3n) is 3.98. The van der Waals surface area contributed by atoms with Gasteiger partial charge >= 0.3 is 12.6 Å². The number of benzene rings is 2. The van der Waals surface area contributed by atoms with Crippen LogP contribution in [0.1, 0.15) is 24.5 Å². The number of amides is 1. The van der Waals surface area contributed by atoms with Crippen LogP contribution in [-0.2, 0) is 20.7 Å². The Labute approximate surface area is 168 Å². The molecule has 154 valence electrons. The minimum absolute atomic E-state index is 0.0257. The lowest BCUT2D eigenvalue weighted by Gasteiger charge is -2.13. The molecule has 2 rings (SSSR count). The normalized spacial score (nSPS) is 12.0. The summed E-state index contributed by atoms with van der Waals surface area (Å²) in [5.41, 5.74) is 1.79. The van der Waals surface area contributed by atoms with Gasteiger partial charge in [-0.25, -0.2) is 4.79 Å². The summed E-state index contributed by atoms with van der Waals surface area (Å²) in [4.78, 5) is 23.6. The monoisotopic (exact) mass is 403 g/mol. The summed E-state index contributed by atoms with van der Waals surface area (Å²) >= 11 is 0. The van der Waals surface area contributed by atoms with Crippen molar-refractivity contribution in [2.24, 2.45) is 0 Å². The summed E-state index contributed by atoms with van der Waals surface area (Å²) in [5.74, 6) is -1.02. The highest BCUT2D eigenvalue weighted by Gasteiger charge is 2.09. The van der Waals surface area contributed by atoms with E-state index in [-0.39, 0.29) is 24.3 Å². The third-order valence-corrected chi connectivity index (χ3v) is 3.98. The maximum absolute atomic E-state index is 12.1. The van der Waals surface area contributed by atoms with Crippen molar-refractivity contribution in [1.82, 2.24) is 5.32 Å². The second-order valence-electron chi connectivity index (χ2n) is 6.38. The number of alkyl halides is 2. The number of hydrogen-bond acceptors (Lipinski definition) is 4. The zero-order valence-electron chi connectivity index (χ0n) is 16.0. The Hall–Kier alpha value is -3.22. The number of ether oxygens (including phenoxy) is 2. The molecule has 0 aliphatic carbocycles. The van der Waals surface area contributed by atoms with Gasteiger partial charge in [-0.05, 0) is 49.1 Å². The average Bonchev–Trinajstić information content (AvgIpc) is 2.70. The predicted octanol–water partition coefficient (Wildman–Crippen LogP) is 3.98. The van der Waals surface area contributed by atoms with Gasteiger partial charge in [0.1, 0.15) is 5.75 Å². The van der Waals surface area contributed by atoms with Crippen LogP contribution in [-0.4, -0.2) is 31.1 Å². The van der Waals surface area contributed by atoms with Crippen LogP contribution in [0.4, 0.5) is 8.78 Å². The lowest BCUT2D eigenvalue weighted by atomic mass is 10.1. The second kappa shape index (κ2) is 11.6. The first kappa shape index (κ1) is 22.1. The van der Waals surface area contributed by atoms with E-state index < -0.39 is 12.6 Å². The van der Waals surface area contributed by atoms with E-state index >= 15 is 0 Å². The number of halogens is 2. The molecule has 1 amide bonds. The maximum Gasteiger partial charge on any atom is 0.387 e. The van der Waals surface area contributed by atoms with Gasteiger partial charge in [0.25, 0.3) is 5.91 Å². The summed E-state index contributed by atoms with van der Waals surface area (Å²) in [7, 11) is 0. The smallest absolute Gasteiger partial charge is 0.387 e. The van der Waals surface area contributed by atoms with E-state index in [1.165, 1.54) is 35.9 Å². The average molecular weight is 403 g/mol. The van der Waals surface area contributed by atoms with Gasteiger partial charge in [0.15, 0.2) is 6.61 Å². The lowest BCUT2D eigenvalue weighted by molar-refractivity contribution is -0.144. The first-order valence-electron chi connectivity index (χ1n) is 9.15. The standard InChI is InChI=1S/C22H23F2NO4/c1-16(7-8-17-5-3-2-4-6-17)25-20(26)15-28-21(27)14-11-18-9-12-19(13-10-18)29-22(23)24/h2-6,9-14,16,22H,7-8,15H2,1H3,(H,25,26)/b14-11+/t16-/m0/s1. The molecule has 0 saturated heterocycles. The maximum atomic E-state index is 12.1. The molecular formula is C22H23F2NO4. The van der Waals surface area contributed by atoms with Crippen LogP contribution < -0.4 is 10.1 Å². The van der Waals surface area contributed by atoms with E-state index in [9.17, 15) is 18.4 Å². The Balaban J connectivity index is 1.68. The van der Waals surface area contributed by atoms with E-state index in [0.717, 1.165) is 18.9 Å². The minimum atomic E-state index is -2.89. The molecule has 0 heterocycles. The molecule has 2 aromatic rings. The van der Waals surface area contributed by atoms with Crippen molar-refractivity contribution < 1.29 is 27.8 Å². The van der Waals surface area contributed by atoms with Crippen LogP contribution in [0.5, 0.6) is 5.75 Å². The topological polar surface area (TPSA) is 64.6 Å². The molecule has 1 atom stereocenters. The molecule has 0 aliphatic heterocycles. The number of aryl methyl sites for hydroxylation is 1. The van der Waals surface area contributed by atoms with Gasteiger partial charge in [-0.3, -0.25) is 4.79 Å². The fourth-order valence-corrected chi connectivity index (χ4v) is 2.53. The van der Waals surface area contributed by atoms with Crippen LogP contribution >= 0.6 is 0 Å². The van der Waals surface area contributed by atoms with E-state index in [1.54, 1.807) is 0 Å². The highest BCUT2D eigenvalue weighted by atomic mass is 19.3. The van der Waals surface area contributed by atoms with Gasteiger partial charge in [0.2, 0.25) is 0 Å². The minimum Gasteiger partial charge on any atom is -0.452 e. The summed E-state index contributed by atoms with van der Waals surface area (Å²) in [6, 6.07) is 15.7. The Kier molecular flexibility index (Phi) is 8.82. The molecule has 1 N–H and O–H groups in total. The Morgan fingerprint density at radius 3 is 2.41 bits per heavy atom. The molecule has 0 unspecified atom stereocenters. The molecule has 0 saturated carbocycles.